The molecule has 0 bridgehead atoms. The smallest absolute Gasteiger partial charge is 0.160 e. The second-order valence-corrected chi connectivity index (χ2v) is 5.00. The molecule has 0 unspecified atom stereocenters. The Labute approximate surface area is 110 Å². The third-order valence-electron chi connectivity index (χ3n) is 3.19. The van der Waals surface area contributed by atoms with Crippen LogP contribution in [0.3, 0.4) is 0 Å². The molecule has 0 radical (unpaired) electrons. The molecule has 1 aromatic carbocycles. The van der Waals surface area contributed by atoms with Crippen molar-refractivity contribution in [3.05, 3.63) is 28.8 Å². The van der Waals surface area contributed by atoms with Crippen molar-refractivity contribution in [1.82, 2.24) is 0 Å². The predicted octanol–water partition coefficient (Wildman–Crippen LogP) is 4.55. The third-order valence-corrected chi connectivity index (χ3v) is 3.19. The van der Waals surface area contributed by atoms with Gasteiger partial charge in [0.1, 0.15) is 0 Å². The number of methoxy groups -OCH3 is 1. The normalized spacial score (nSPS) is 12.0. The fourth-order valence-corrected chi connectivity index (χ4v) is 2.02. The van der Waals surface area contributed by atoms with E-state index in [0.29, 0.717) is 11.7 Å². The lowest BCUT2D eigenvalue weighted by Crippen LogP contribution is -1.95. The summed E-state index contributed by atoms with van der Waals surface area (Å²) in [6.07, 6.45) is 4.44. The Morgan fingerprint density at radius 1 is 1.39 bits per heavy atom. The number of aryl methyl sites for hydroxylation is 1. The summed E-state index contributed by atoms with van der Waals surface area (Å²) in [4.78, 5) is 0. The summed E-state index contributed by atoms with van der Waals surface area (Å²) in [5.41, 5.74) is 3.62. The fraction of sp³-hybridized carbons (Fsp3) is 0.500. The van der Waals surface area contributed by atoms with E-state index in [1.54, 1.807) is 13.2 Å². The summed E-state index contributed by atoms with van der Waals surface area (Å²) in [5.74, 6) is 1.27. The van der Waals surface area contributed by atoms with Gasteiger partial charge < -0.3 is 9.84 Å². The van der Waals surface area contributed by atoms with Gasteiger partial charge in [-0.25, -0.2) is 0 Å². The number of allylic oxidation sites excluding steroid dienone is 1. The molecule has 0 atom stereocenters. The average molecular weight is 248 g/mol. The minimum absolute atomic E-state index is 0.203. The Morgan fingerprint density at radius 2 is 2.06 bits per heavy atom. The van der Waals surface area contributed by atoms with Gasteiger partial charge >= 0.3 is 0 Å². The van der Waals surface area contributed by atoms with Crippen molar-refractivity contribution < 1.29 is 9.84 Å². The Morgan fingerprint density at radius 3 is 2.56 bits per heavy atom. The number of hydrogen-bond acceptors (Lipinski definition) is 2. The van der Waals surface area contributed by atoms with Crippen LogP contribution in [0.5, 0.6) is 11.5 Å². The van der Waals surface area contributed by atoms with E-state index in [2.05, 4.69) is 26.8 Å². The first kappa shape index (κ1) is 14.6. The molecule has 1 N–H and O–H groups in total. The molecule has 1 rings (SSSR count). The van der Waals surface area contributed by atoms with E-state index in [0.717, 1.165) is 24.0 Å². The molecule has 0 aliphatic heterocycles. The molecule has 0 saturated carbocycles. The molecule has 0 heterocycles. The summed E-state index contributed by atoms with van der Waals surface area (Å²) in [6, 6.07) is 3.66. The van der Waals surface area contributed by atoms with E-state index in [1.165, 1.54) is 5.57 Å². The zero-order valence-electron chi connectivity index (χ0n) is 12.1. The molecule has 0 aliphatic carbocycles. The van der Waals surface area contributed by atoms with Crippen molar-refractivity contribution in [2.75, 3.05) is 7.11 Å². The lowest BCUT2D eigenvalue weighted by molar-refractivity contribution is 0.373. The van der Waals surface area contributed by atoms with Crippen LogP contribution in [0.4, 0.5) is 0 Å². The highest BCUT2D eigenvalue weighted by Crippen LogP contribution is 2.31. The van der Waals surface area contributed by atoms with E-state index in [4.69, 9.17) is 4.74 Å². The summed E-state index contributed by atoms with van der Waals surface area (Å²) in [6.45, 7) is 8.65. The first-order chi connectivity index (χ1) is 8.49. The fourth-order valence-electron chi connectivity index (χ4n) is 2.02. The first-order valence-corrected chi connectivity index (χ1v) is 6.57. The number of benzene rings is 1. The largest absolute Gasteiger partial charge is 0.504 e. The van der Waals surface area contributed by atoms with Gasteiger partial charge in [-0.1, -0.05) is 38.8 Å². The molecule has 100 valence electrons. The topological polar surface area (TPSA) is 29.5 Å². The third kappa shape index (κ3) is 3.52. The second-order valence-electron chi connectivity index (χ2n) is 5.00. The number of aromatic hydroxyl groups is 1. The van der Waals surface area contributed by atoms with Crippen molar-refractivity contribution in [3.8, 4) is 11.5 Å². The Bertz CT molecular complexity index is 431. The van der Waals surface area contributed by atoms with Crippen LogP contribution in [0.1, 0.15) is 44.7 Å². The molecule has 2 heteroatoms. The van der Waals surface area contributed by atoms with Gasteiger partial charge in [0, 0.05) is 0 Å². The van der Waals surface area contributed by atoms with Gasteiger partial charge in [-0.05, 0) is 42.5 Å². The summed E-state index contributed by atoms with van der Waals surface area (Å²) < 4.78 is 5.11. The van der Waals surface area contributed by atoms with Crippen LogP contribution in [-0.2, 0) is 0 Å². The Hall–Kier alpha value is -1.44. The van der Waals surface area contributed by atoms with Gasteiger partial charge in [0.25, 0.3) is 0 Å². The van der Waals surface area contributed by atoms with Crippen molar-refractivity contribution >= 4 is 6.08 Å². The highest BCUT2D eigenvalue weighted by molar-refractivity contribution is 5.61. The van der Waals surface area contributed by atoms with Crippen molar-refractivity contribution in [3.63, 3.8) is 0 Å². The van der Waals surface area contributed by atoms with Gasteiger partial charge in [-0.2, -0.15) is 0 Å². The zero-order chi connectivity index (χ0) is 13.7. The molecular formula is C16H24O2. The Kier molecular flexibility index (Phi) is 5.26. The van der Waals surface area contributed by atoms with E-state index in [1.807, 2.05) is 13.0 Å². The number of ether oxygens (including phenoxy) is 1. The summed E-state index contributed by atoms with van der Waals surface area (Å²) in [5, 5.41) is 9.84. The van der Waals surface area contributed by atoms with E-state index in [-0.39, 0.29) is 5.75 Å². The van der Waals surface area contributed by atoms with Crippen molar-refractivity contribution in [2.24, 2.45) is 5.92 Å². The maximum Gasteiger partial charge on any atom is 0.160 e. The van der Waals surface area contributed by atoms with Crippen LogP contribution in [0.25, 0.3) is 6.08 Å². The minimum Gasteiger partial charge on any atom is -0.504 e. The van der Waals surface area contributed by atoms with Crippen LogP contribution < -0.4 is 4.74 Å². The number of phenols is 1. The van der Waals surface area contributed by atoms with E-state index in [9.17, 15) is 5.11 Å². The minimum atomic E-state index is 0.203. The maximum atomic E-state index is 9.84. The van der Waals surface area contributed by atoms with Crippen LogP contribution in [-0.4, -0.2) is 12.2 Å². The molecule has 0 amide bonds. The average Bonchev–Trinajstić information content (AvgIpc) is 2.32. The number of phenolic OH excluding ortho intramolecular Hbond substituents is 1. The van der Waals surface area contributed by atoms with Crippen LogP contribution in [0, 0.1) is 12.8 Å². The van der Waals surface area contributed by atoms with Gasteiger partial charge in [0.2, 0.25) is 0 Å². The van der Waals surface area contributed by atoms with E-state index < -0.39 is 0 Å². The first-order valence-electron chi connectivity index (χ1n) is 6.57. The standard InChI is InChI=1S/C16H24O2/c1-6-7-13(11(2)3)9-14-10-15(17)16(18-5)8-12(14)4/h8-11,17H,6-7H2,1-5H3/b13-9+. The van der Waals surface area contributed by atoms with Gasteiger partial charge in [0.15, 0.2) is 11.5 Å². The van der Waals surface area contributed by atoms with Gasteiger partial charge in [-0.3, -0.25) is 0 Å². The molecular weight excluding hydrogens is 224 g/mol. The molecule has 0 aromatic heterocycles. The second kappa shape index (κ2) is 6.48. The monoisotopic (exact) mass is 248 g/mol. The van der Waals surface area contributed by atoms with Crippen LogP contribution in [0.2, 0.25) is 0 Å². The lowest BCUT2D eigenvalue weighted by atomic mass is 9.95. The molecule has 0 spiro atoms. The van der Waals surface area contributed by atoms with Gasteiger partial charge in [-0.15, -0.1) is 0 Å². The quantitative estimate of drug-likeness (QED) is 0.828. The molecule has 1 aromatic rings. The van der Waals surface area contributed by atoms with Crippen molar-refractivity contribution in [2.45, 2.75) is 40.5 Å². The van der Waals surface area contributed by atoms with Crippen LogP contribution in [0.15, 0.2) is 17.7 Å². The highest BCUT2D eigenvalue weighted by Gasteiger charge is 2.08. The van der Waals surface area contributed by atoms with Crippen LogP contribution >= 0.6 is 0 Å². The SMILES string of the molecule is CCC/C(=C\c1cc(O)c(OC)cc1C)C(C)C. The maximum absolute atomic E-state index is 9.84. The zero-order valence-corrected chi connectivity index (χ0v) is 12.1. The summed E-state index contributed by atoms with van der Waals surface area (Å²) in [7, 11) is 1.57. The molecule has 2 nitrogen and oxygen atoms in total. The number of hydrogen-bond donors (Lipinski definition) is 1. The highest BCUT2D eigenvalue weighted by atomic mass is 16.5. The molecule has 0 fully saturated rings. The lowest BCUT2D eigenvalue weighted by Gasteiger charge is -2.13. The predicted molar refractivity (Wildman–Crippen MR) is 77.1 cm³/mol. The van der Waals surface area contributed by atoms with Gasteiger partial charge in [0.05, 0.1) is 7.11 Å². The molecule has 0 saturated heterocycles. The Balaban J connectivity index is 3.16. The van der Waals surface area contributed by atoms with E-state index >= 15 is 0 Å². The summed E-state index contributed by atoms with van der Waals surface area (Å²) >= 11 is 0. The number of rotatable bonds is 5. The molecule has 18 heavy (non-hydrogen) atoms. The van der Waals surface area contributed by atoms with Crippen molar-refractivity contribution in [1.29, 1.82) is 0 Å². The molecule has 0 aliphatic rings.